The zero-order valence-electron chi connectivity index (χ0n) is 15.5. The van der Waals surface area contributed by atoms with E-state index in [0.29, 0.717) is 11.8 Å². The van der Waals surface area contributed by atoms with Crippen molar-refractivity contribution in [1.29, 1.82) is 0 Å². The summed E-state index contributed by atoms with van der Waals surface area (Å²) in [6.07, 6.45) is 2.12. The van der Waals surface area contributed by atoms with E-state index in [-0.39, 0.29) is 11.4 Å². The molecular formula is C21H21IN4O. The fraction of sp³-hybridized carbons (Fsp3) is 0.238. The van der Waals surface area contributed by atoms with Crippen molar-refractivity contribution in [3.8, 4) is 11.5 Å². The second-order valence-electron chi connectivity index (χ2n) is 7.27. The van der Waals surface area contributed by atoms with Gasteiger partial charge in [-0.3, -0.25) is 0 Å². The van der Waals surface area contributed by atoms with Gasteiger partial charge in [0.15, 0.2) is 0 Å². The van der Waals surface area contributed by atoms with Gasteiger partial charge < -0.3 is 15.1 Å². The number of benzene rings is 2. The molecule has 0 amide bonds. The molecule has 0 radical (unpaired) electrons. The largest absolute Gasteiger partial charge is 0.404 e. The normalized spacial score (nSPS) is 14.0. The lowest BCUT2D eigenvalue weighted by Crippen LogP contribution is -2.29. The van der Waals surface area contributed by atoms with Crippen LogP contribution in [0, 0.1) is 9.49 Å². The van der Waals surface area contributed by atoms with Crippen LogP contribution in [0.15, 0.2) is 53.1 Å². The van der Waals surface area contributed by atoms with Crippen LogP contribution in [0.3, 0.4) is 0 Å². The topological polar surface area (TPSA) is 80.7 Å². The van der Waals surface area contributed by atoms with E-state index in [4.69, 9.17) is 10.2 Å². The van der Waals surface area contributed by atoms with Gasteiger partial charge in [0.05, 0.1) is 0 Å². The summed E-state index contributed by atoms with van der Waals surface area (Å²) in [6.45, 7) is 6.86. The zero-order valence-corrected chi connectivity index (χ0v) is 17.6. The maximum atomic E-state index is 5.55. The predicted octanol–water partition coefficient (Wildman–Crippen LogP) is 5.37. The molecule has 0 aliphatic rings. The second-order valence-corrected chi connectivity index (χ2v) is 8.52. The lowest BCUT2D eigenvalue weighted by atomic mass is 9.68. The number of aromatic amines is 1. The van der Waals surface area contributed by atoms with Gasteiger partial charge in [-0.15, -0.1) is 5.10 Å². The van der Waals surface area contributed by atoms with Crippen LogP contribution in [0.2, 0.25) is 0 Å². The van der Waals surface area contributed by atoms with Gasteiger partial charge in [-0.1, -0.05) is 44.1 Å². The highest BCUT2D eigenvalue weighted by molar-refractivity contribution is 14.1. The van der Waals surface area contributed by atoms with Crippen molar-refractivity contribution in [2.45, 2.75) is 26.2 Å². The molecule has 2 aromatic heterocycles. The summed E-state index contributed by atoms with van der Waals surface area (Å²) in [6, 6.07) is 15.0. The molecule has 1 atom stereocenters. The fourth-order valence-corrected chi connectivity index (χ4v) is 4.00. The van der Waals surface area contributed by atoms with Crippen molar-refractivity contribution in [2.75, 3.05) is 5.73 Å². The average molecular weight is 472 g/mol. The summed E-state index contributed by atoms with van der Waals surface area (Å²) in [4.78, 5) is 3.42. The minimum absolute atomic E-state index is 0.0726. The van der Waals surface area contributed by atoms with Crippen LogP contribution >= 0.6 is 22.6 Å². The SMILES string of the molecule is CC(C)C(C)(c1ccc(I)cc1)c1c[nH]c2cc(-c3nnc(N)o3)ccc12. The number of nitrogens with two attached hydrogens (primary N) is 1. The van der Waals surface area contributed by atoms with Crippen LogP contribution in [0.25, 0.3) is 22.4 Å². The van der Waals surface area contributed by atoms with E-state index in [0.717, 1.165) is 11.1 Å². The third-order valence-electron chi connectivity index (χ3n) is 5.53. The number of H-pyrrole nitrogens is 1. The van der Waals surface area contributed by atoms with E-state index >= 15 is 0 Å². The Morgan fingerprint density at radius 3 is 2.48 bits per heavy atom. The molecular weight excluding hydrogens is 451 g/mol. The van der Waals surface area contributed by atoms with Crippen molar-refractivity contribution in [3.05, 3.63) is 63.4 Å². The quantitative estimate of drug-likeness (QED) is 0.392. The highest BCUT2D eigenvalue weighted by atomic mass is 127. The first-order valence-corrected chi connectivity index (χ1v) is 9.94. The Labute approximate surface area is 171 Å². The van der Waals surface area contributed by atoms with Gasteiger partial charge in [-0.05, 0) is 63.9 Å². The van der Waals surface area contributed by atoms with E-state index < -0.39 is 0 Å². The maximum Gasteiger partial charge on any atom is 0.313 e. The first kappa shape index (κ1) is 18.0. The number of nitrogens with zero attached hydrogens (tertiary/aromatic N) is 2. The van der Waals surface area contributed by atoms with E-state index in [9.17, 15) is 0 Å². The smallest absolute Gasteiger partial charge is 0.313 e. The maximum absolute atomic E-state index is 5.55. The Morgan fingerprint density at radius 2 is 1.85 bits per heavy atom. The second kappa shape index (κ2) is 6.67. The number of rotatable bonds is 4. The third kappa shape index (κ3) is 3.01. The Hall–Kier alpha value is -2.35. The van der Waals surface area contributed by atoms with Crippen LogP contribution in [0.5, 0.6) is 0 Å². The van der Waals surface area contributed by atoms with E-state index in [1.807, 2.05) is 12.1 Å². The van der Waals surface area contributed by atoms with Gasteiger partial charge in [0.25, 0.3) is 0 Å². The molecule has 0 saturated carbocycles. The van der Waals surface area contributed by atoms with E-state index in [2.05, 4.69) is 95.1 Å². The van der Waals surface area contributed by atoms with Gasteiger partial charge in [-0.2, -0.15) is 0 Å². The van der Waals surface area contributed by atoms with Crippen LogP contribution in [0.4, 0.5) is 6.01 Å². The van der Waals surface area contributed by atoms with Crippen molar-refractivity contribution >= 4 is 39.5 Å². The number of anilines is 1. The molecule has 2 aromatic carbocycles. The molecule has 0 fully saturated rings. The standard InChI is InChI=1S/C21H21IN4O/c1-12(2)21(3,14-5-7-15(22)8-6-14)17-11-24-18-10-13(4-9-16(17)18)19-25-26-20(23)27-19/h4-12,24H,1-3H3,(H2,23,26). The number of nitrogens with one attached hydrogen (secondary N) is 1. The average Bonchev–Trinajstić information content (AvgIpc) is 3.27. The molecule has 4 aromatic rings. The molecule has 4 rings (SSSR count). The Kier molecular flexibility index (Phi) is 4.46. The molecule has 27 heavy (non-hydrogen) atoms. The summed E-state index contributed by atoms with van der Waals surface area (Å²) in [5.74, 6) is 0.849. The summed E-state index contributed by atoms with van der Waals surface area (Å²) in [7, 11) is 0. The lowest BCUT2D eigenvalue weighted by Gasteiger charge is -2.34. The van der Waals surface area contributed by atoms with Gasteiger partial charge in [0.1, 0.15) is 0 Å². The highest BCUT2D eigenvalue weighted by Crippen LogP contribution is 2.42. The molecule has 0 aliphatic carbocycles. The third-order valence-corrected chi connectivity index (χ3v) is 6.25. The molecule has 0 bridgehead atoms. The minimum Gasteiger partial charge on any atom is -0.404 e. The summed E-state index contributed by atoms with van der Waals surface area (Å²) in [5, 5.41) is 8.91. The van der Waals surface area contributed by atoms with Crippen molar-refractivity contribution in [3.63, 3.8) is 0 Å². The molecule has 0 spiro atoms. The first-order chi connectivity index (χ1) is 12.9. The molecule has 138 valence electrons. The summed E-state index contributed by atoms with van der Waals surface area (Å²) < 4.78 is 6.59. The first-order valence-electron chi connectivity index (χ1n) is 8.86. The molecule has 1 unspecified atom stereocenters. The van der Waals surface area contributed by atoms with Crippen molar-refractivity contribution in [1.82, 2.24) is 15.2 Å². The molecule has 5 nitrogen and oxygen atoms in total. The Balaban J connectivity index is 1.85. The van der Waals surface area contributed by atoms with Gasteiger partial charge >= 0.3 is 6.01 Å². The number of aromatic nitrogens is 3. The Bertz CT molecular complexity index is 1100. The number of hydrogen-bond acceptors (Lipinski definition) is 4. The number of halogens is 1. The number of nitrogen functional groups attached to an aromatic ring is 1. The van der Waals surface area contributed by atoms with Crippen LogP contribution in [-0.4, -0.2) is 15.2 Å². The summed E-state index contributed by atoms with van der Waals surface area (Å²) in [5.41, 5.74) is 9.92. The monoisotopic (exact) mass is 472 g/mol. The number of hydrogen-bond donors (Lipinski definition) is 2. The number of fused-ring (bicyclic) bond motifs is 1. The van der Waals surface area contributed by atoms with E-state index in [1.54, 1.807) is 0 Å². The molecule has 6 heteroatoms. The van der Waals surface area contributed by atoms with E-state index in [1.165, 1.54) is 20.1 Å². The lowest BCUT2D eigenvalue weighted by molar-refractivity contribution is 0.408. The van der Waals surface area contributed by atoms with Crippen LogP contribution < -0.4 is 5.73 Å². The molecule has 2 heterocycles. The van der Waals surface area contributed by atoms with Crippen molar-refractivity contribution < 1.29 is 4.42 Å². The van der Waals surface area contributed by atoms with Gasteiger partial charge in [-0.25, -0.2) is 0 Å². The summed E-state index contributed by atoms with van der Waals surface area (Å²) >= 11 is 2.35. The van der Waals surface area contributed by atoms with Crippen LogP contribution in [-0.2, 0) is 5.41 Å². The van der Waals surface area contributed by atoms with Crippen LogP contribution in [0.1, 0.15) is 31.9 Å². The molecule has 0 saturated heterocycles. The van der Waals surface area contributed by atoms with Crippen molar-refractivity contribution in [2.24, 2.45) is 5.92 Å². The van der Waals surface area contributed by atoms with Gasteiger partial charge in [0.2, 0.25) is 5.89 Å². The Morgan fingerprint density at radius 1 is 1.11 bits per heavy atom. The molecule has 3 N–H and O–H groups in total. The zero-order chi connectivity index (χ0) is 19.2. The minimum atomic E-state index is -0.112. The highest BCUT2D eigenvalue weighted by Gasteiger charge is 2.34. The fourth-order valence-electron chi connectivity index (χ4n) is 3.64. The van der Waals surface area contributed by atoms with Gasteiger partial charge in [0, 0.05) is 31.6 Å². The predicted molar refractivity (Wildman–Crippen MR) is 116 cm³/mol. The molecule has 0 aliphatic heterocycles.